The third kappa shape index (κ3) is 8.14. The molecule has 5 fully saturated rings. The van der Waals surface area contributed by atoms with Gasteiger partial charge in [0, 0.05) is 12.1 Å². The van der Waals surface area contributed by atoms with Gasteiger partial charge in [-0.3, -0.25) is 9.59 Å². The van der Waals surface area contributed by atoms with E-state index in [0.717, 1.165) is 72.7 Å². The number of carbonyl (C=O) groups is 4. The number of likely N-dealkylation sites (tertiary alicyclic amines) is 2. The van der Waals surface area contributed by atoms with Crippen LogP contribution in [0.15, 0.2) is 73.1 Å². The first-order chi connectivity index (χ1) is 34.0. The molecule has 0 spiro atoms. The number of H-pyrrole nitrogens is 2. The van der Waals surface area contributed by atoms with Crippen molar-refractivity contribution in [2.24, 2.45) is 23.7 Å². The van der Waals surface area contributed by atoms with E-state index in [-0.39, 0.29) is 47.8 Å². The van der Waals surface area contributed by atoms with Crippen molar-refractivity contribution in [3.05, 3.63) is 95.8 Å². The number of carbonyl (C=O) groups excluding carboxylic acids is 4. The molecule has 2 bridgehead atoms. The van der Waals surface area contributed by atoms with Gasteiger partial charge in [0.25, 0.3) is 0 Å². The average molecular weight is 947 g/mol. The molecule has 70 heavy (non-hydrogen) atoms. The molecule has 366 valence electrons. The number of fused-ring (bicyclic) bond motifs is 4. The van der Waals surface area contributed by atoms with E-state index < -0.39 is 24.3 Å². The second kappa shape index (κ2) is 18.4. The Labute approximate surface area is 410 Å². The molecule has 3 saturated carbocycles. The molecule has 3 aromatic carbocycles. The number of methoxy groups -OCH3 is 2. The number of aromatic nitrogens is 4. The number of rotatable bonds is 14. The standard InChI is InChI=1S/C56H66N8O6/c1-7-29(3)49(61-55(67)69-5)53(65)63-43-23-37(43)25-45(63)51-57-27-41(59-51)33-13-9-31(10-14-33)39-21-22-40(48-36-19-17-35(18-20-36)47(39)48)32-11-15-34(16-12-32)42-28-58-52(60-42)46-26-38-24-44(38)64(46)54(66)50(30(4)8-2)62-56(68)70-6/h9-16,21-22,27-30,35-38,43-46,49-50H,7-8,17-20,23-26H2,1-6H3,(H,57,59)(H,58,60)(H,61,67)(H,62,68)/t29?,30?,35?,36?,37?,38?,43?,44?,45-,46?,49-,50-/m0/s1. The number of hydrogen-bond donors (Lipinski definition) is 4. The average Bonchev–Trinajstić information content (AvgIpc) is 3.98. The van der Waals surface area contributed by atoms with Crippen molar-refractivity contribution in [2.75, 3.05) is 14.2 Å². The molecule has 2 saturated heterocycles. The zero-order chi connectivity index (χ0) is 48.5. The lowest BCUT2D eigenvalue weighted by molar-refractivity contribution is -0.137. The van der Waals surface area contributed by atoms with Crippen molar-refractivity contribution in [2.45, 2.75) is 140 Å². The van der Waals surface area contributed by atoms with Crippen LogP contribution in [-0.4, -0.2) is 92.1 Å². The fourth-order valence-electron chi connectivity index (χ4n) is 12.7. The van der Waals surface area contributed by atoms with Crippen LogP contribution in [0.3, 0.4) is 0 Å². The van der Waals surface area contributed by atoms with Gasteiger partial charge in [-0.2, -0.15) is 0 Å². The minimum atomic E-state index is -0.659. The van der Waals surface area contributed by atoms with Crippen molar-refractivity contribution < 1.29 is 28.7 Å². The molecular formula is C56H66N8O6. The zero-order valence-electron chi connectivity index (χ0n) is 41.2. The fourth-order valence-corrected chi connectivity index (χ4v) is 12.7. The van der Waals surface area contributed by atoms with Crippen molar-refractivity contribution in [1.82, 2.24) is 40.4 Å². The number of piperidine rings is 2. The number of imidazole rings is 2. The number of amides is 4. The number of alkyl carbamates (subject to hydrolysis) is 2. The molecule has 2 aliphatic heterocycles. The van der Waals surface area contributed by atoms with E-state index in [9.17, 15) is 19.2 Å². The molecule has 14 heteroatoms. The van der Waals surface area contributed by atoms with Crippen LogP contribution in [0.2, 0.25) is 0 Å². The highest BCUT2D eigenvalue weighted by Crippen LogP contribution is 2.57. The normalized spacial score (nSPS) is 26.3. The monoisotopic (exact) mass is 947 g/mol. The molecule has 4 heterocycles. The van der Waals surface area contributed by atoms with E-state index in [2.05, 4.69) is 81.3 Å². The lowest BCUT2D eigenvalue weighted by Crippen LogP contribution is -2.52. The lowest BCUT2D eigenvalue weighted by Gasteiger charge is -2.41. The Bertz CT molecular complexity index is 2600. The summed E-state index contributed by atoms with van der Waals surface area (Å²) >= 11 is 0. The Balaban J connectivity index is 0.813. The van der Waals surface area contributed by atoms with Gasteiger partial charge in [0.2, 0.25) is 11.8 Å². The summed E-state index contributed by atoms with van der Waals surface area (Å²) in [5, 5.41) is 5.64. The Morgan fingerprint density at radius 1 is 0.586 bits per heavy atom. The first-order valence-corrected chi connectivity index (χ1v) is 25.8. The van der Waals surface area contributed by atoms with E-state index in [1.54, 1.807) is 0 Å². The zero-order valence-corrected chi connectivity index (χ0v) is 41.2. The van der Waals surface area contributed by atoms with Crippen molar-refractivity contribution in [3.63, 3.8) is 0 Å². The summed E-state index contributed by atoms with van der Waals surface area (Å²) in [6, 6.07) is 21.0. The summed E-state index contributed by atoms with van der Waals surface area (Å²) < 4.78 is 9.77. The number of ether oxygens (including phenoxy) is 2. The molecule has 4 N–H and O–H groups in total. The highest BCUT2D eigenvalue weighted by atomic mass is 16.5. The Morgan fingerprint density at radius 3 is 1.31 bits per heavy atom. The molecule has 7 aliphatic rings. The molecule has 0 radical (unpaired) electrons. The Hall–Kier alpha value is -6.44. The van der Waals surface area contributed by atoms with Crippen molar-refractivity contribution in [1.29, 1.82) is 0 Å². The number of hydrogen-bond acceptors (Lipinski definition) is 8. The maximum absolute atomic E-state index is 14.1. The van der Waals surface area contributed by atoms with Crippen LogP contribution in [0.25, 0.3) is 44.8 Å². The third-order valence-corrected chi connectivity index (χ3v) is 17.3. The van der Waals surface area contributed by atoms with Crippen LogP contribution in [-0.2, 0) is 19.1 Å². The molecule has 7 unspecified atom stereocenters. The van der Waals surface area contributed by atoms with E-state index in [1.165, 1.54) is 73.3 Å². The third-order valence-electron chi connectivity index (χ3n) is 17.3. The molecule has 10 atom stereocenters. The van der Waals surface area contributed by atoms with Gasteiger partial charge < -0.3 is 39.9 Å². The van der Waals surface area contributed by atoms with E-state index >= 15 is 0 Å². The van der Waals surface area contributed by atoms with Crippen LogP contribution in [0, 0.1) is 23.7 Å². The minimum absolute atomic E-state index is 0.0432. The van der Waals surface area contributed by atoms with Crippen molar-refractivity contribution in [3.8, 4) is 44.8 Å². The van der Waals surface area contributed by atoms with Gasteiger partial charge in [-0.1, -0.05) is 101 Å². The predicted molar refractivity (Wildman–Crippen MR) is 266 cm³/mol. The summed E-state index contributed by atoms with van der Waals surface area (Å²) in [4.78, 5) is 73.6. The van der Waals surface area contributed by atoms with E-state index in [1.807, 2.05) is 49.9 Å². The number of aromatic amines is 2. The van der Waals surface area contributed by atoms with Gasteiger partial charge in [-0.25, -0.2) is 19.6 Å². The van der Waals surface area contributed by atoms with Crippen LogP contribution < -0.4 is 10.6 Å². The maximum atomic E-state index is 14.1. The SMILES string of the molecule is CCC(C)[C@H](NC(=O)OC)C(=O)N1C(c2ncc(-c3ccc(-c4ccc(-c5ccc(-c6cnc([C@@H]7CC8CC8N7C(=O)[C@@H](NC(=O)OC)C(C)CC)[nH]6)cc5)c5c4C4CCC5CC4)cc3)[nH]2)CC2CC21. The van der Waals surface area contributed by atoms with Gasteiger partial charge in [-0.15, -0.1) is 0 Å². The first kappa shape index (κ1) is 46.0. The van der Waals surface area contributed by atoms with E-state index in [0.29, 0.717) is 23.7 Å². The van der Waals surface area contributed by atoms with Crippen LogP contribution in [0.5, 0.6) is 0 Å². The van der Waals surface area contributed by atoms with Crippen LogP contribution >= 0.6 is 0 Å². The molecular weight excluding hydrogens is 881 g/mol. The van der Waals surface area contributed by atoms with Gasteiger partial charge >= 0.3 is 12.2 Å². The second-order valence-corrected chi connectivity index (χ2v) is 21.2. The van der Waals surface area contributed by atoms with Gasteiger partial charge in [-0.05, 0) is 131 Å². The molecule has 5 aliphatic carbocycles. The highest BCUT2D eigenvalue weighted by Gasteiger charge is 2.57. The number of nitrogens with zero attached hydrogens (tertiary/aromatic N) is 4. The molecule has 12 rings (SSSR count). The van der Waals surface area contributed by atoms with Crippen molar-refractivity contribution >= 4 is 24.0 Å². The van der Waals surface area contributed by atoms with E-state index in [4.69, 9.17) is 19.4 Å². The number of nitrogens with one attached hydrogen (secondary N) is 4. The molecule has 14 nitrogen and oxygen atoms in total. The fraction of sp³-hybridized carbons (Fsp3) is 0.500. The van der Waals surface area contributed by atoms with Crippen LogP contribution in [0.1, 0.15) is 139 Å². The molecule has 4 amide bonds. The molecule has 2 aromatic heterocycles. The number of benzene rings is 3. The minimum Gasteiger partial charge on any atom is -0.453 e. The predicted octanol–water partition coefficient (Wildman–Crippen LogP) is 10.4. The smallest absolute Gasteiger partial charge is 0.407 e. The summed E-state index contributed by atoms with van der Waals surface area (Å²) in [6.07, 6.45) is 12.6. The first-order valence-electron chi connectivity index (χ1n) is 25.8. The quantitative estimate of drug-likeness (QED) is 0.0851. The van der Waals surface area contributed by atoms with Gasteiger partial charge in [0.15, 0.2) is 0 Å². The Kier molecular flexibility index (Phi) is 12.1. The lowest BCUT2D eigenvalue weighted by atomic mass is 9.63. The molecule has 5 aromatic rings. The highest BCUT2D eigenvalue weighted by molar-refractivity contribution is 5.88. The Morgan fingerprint density at radius 2 is 0.957 bits per heavy atom. The summed E-state index contributed by atoms with van der Waals surface area (Å²) in [6.45, 7) is 8.04. The summed E-state index contributed by atoms with van der Waals surface area (Å²) in [7, 11) is 2.65. The maximum Gasteiger partial charge on any atom is 0.407 e. The van der Waals surface area contributed by atoms with Crippen LogP contribution in [0.4, 0.5) is 9.59 Å². The second-order valence-electron chi connectivity index (χ2n) is 21.2. The van der Waals surface area contributed by atoms with Gasteiger partial charge in [0.1, 0.15) is 23.7 Å². The summed E-state index contributed by atoms with van der Waals surface area (Å²) in [5.74, 6) is 3.32. The topological polar surface area (TPSA) is 175 Å². The summed E-state index contributed by atoms with van der Waals surface area (Å²) in [5.41, 5.74) is 12.0. The largest absolute Gasteiger partial charge is 0.453 e. The van der Waals surface area contributed by atoms with Gasteiger partial charge in [0.05, 0.1) is 50.1 Å².